The molecule has 0 aromatic heterocycles. The van der Waals surface area contributed by atoms with E-state index >= 15 is 0 Å². The van der Waals surface area contributed by atoms with Crippen LogP contribution in [0.3, 0.4) is 0 Å². The number of aryl methyl sites for hydroxylation is 1. The lowest BCUT2D eigenvalue weighted by atomic mass is 9.89. The number of benzene rings is 3. The average Bonchev–Trinajstić information content (AvgIpc) is 2.98. The fourth-order valence-corrected chi connectivity index (χ4v) is 3.46. The Bertz CT molecular complexity index is 827. The maximum atomic E-state index is 13.0. The highest BCUT2D eigenvalue weighted by Crippen LogP contribution is 2.36. The fraction of sp³-hybridized carbons (Fsp3) is 0.150. The number of hydrogen-bond acceptors (Lipinski definition) is 1. The first-order valence-electron chi connectivity index (χ1n) is 7.44. The third-order valence-electron chi connectivity index (χ3n) is 4.50. The van der Waals surface area contributed by atoms with Crippen molar-refractivity contribution >= 4 is 16.6 Å². The largest absolute Gasteiger partial charge is 0.293 e. The first-order valence-corrected chi connectivity index (χ1v) is 7.44. The predicted molar refractivity (Wildman–Crippen MR) is 85.8 cm³/mol. The smallest absolute Gasteiger partial charge is 0.170 e. The van der Waals surface area contributed by atoms with Crippen LogP contribution in [-0.4, -0.2) is 5.78 Å². The molecule has 4 rings (SSSR count). The zero-order valence-electron chi connectivity index (χ0n) is 11.8. The molecule has 3 aromatic rings. The Kier molecular flexibility index (Phi) is 2.85. The van der Waals surface area contributed by atoms with Crippen molar-refractivity contribution in [1.29, 1.82) is 0 Å². The molecule has 0 spiro atoms. The van der Waals surface area contributed by atoms with Gasteiger partial charge in [-0.3, -0.25) is 4.79 Å². The van der Waals surface area contributed by atoms with Crippen LogP contribution in [0.2, 0.25) is 0 Å². The van der Waals surface area contributed by atoms with Crippen molar-refractivity contribution in [2.45, 2.75) is 18.8 Å². The first kappa shape index (κ1) is 12.3. The van der Waals surface area contributed by atoms with Gasteiger partial charge in [0, 0.05) is 11.5 Å². The number of carbonyl (C=O) groups excluding carboxylic acids is 1. The number of carbonyl (C=O) groups is 1. The quantitative estimate of drug-likeness (QED) is 0.615. The average molecular weight is 272 g/mol. The van der Waals surface area contributed by atoms with E-state index in [2.05, 4.69) is 30.3 Å². The van der Waals surface area contributed by atoms with Gasteiger partial charge in [0.2, 0.25) is 0 Å². The van der Waals surface area contributed by atoms with Crippen molar-refractivity contribution in [3.8, 4) is 0 Å². The Morgan fingerprint density at radius 1 is 0.857 bits per heavy atom. The van der Waals surface area contributed by atoms with Gasteiger partial charge in [0.25, 0.3) is 0 Å². The third kappa shape index (κ3) is 1.97. The number of hydrogen-bond donors (Lipinski definition) is 0. The fourth-order valence-electron chi connectivity index (χ4n) is 3.46. The van der Waals surface area contributed by atoms with Crippen molar-refractivity contribution in [2.24, 2.45) is 0 Å². The highest BCUT2D eigenvalue weighted by molar-refractivity contribution is 6.11. The molecule has 1 atom stereocenters. The van der Waals surface area contributed by atoms with Crippen LogP contribution in [0.15, 0.2) is 66.7 Å². The van der Waals surface area contributed by atoms with E-state index in [1.54, 1.807) is 0 Å². The minimum absolute atomic E-state index is 0.0204. The van der Waals surface area contributed by atoms with Crippen LogP contribution in [0, 0.1) is 0 Å². The molecule has 1 nitrogen and oxygen atoms in total. The number of ketones is 1. The Morgan fingerprint density at radius 3 is 2.57 bits per heavy atom. The summed E-state index contributed by atoms with van der Waals surface area (Å²) in [6, 6.07) is 22.5. The van der Waals surface area contributed by atoms with Gasteiger partial charge in [-0.15, -0.1) is 0 Å². The van der Waals surface area contributed by atoms with E-state index in [4.69, 9.17) is 0 Å². The molecule has 1 unspecified atom stereocenters. The standard InChI is InChI=1S/C20H16O/c21-20(19-13-12-15-7-2-4-10-17(15)19)18-11-5-8-14-6-1-3-9-16(14)18/h1-11,19H,12-13H2. The summed E-state index contributed by atoms with van der Waals surface area (Å²) in [6.07, 6.45) is 1.94. The lowest BCUT2D eigenvalue weighted by Gasteiger charge is -2.12. The van der Waals surface area contributed by atoms with Gasteiger partial charge in [-0.1, -0.05) is 66.7 Å². The Labute approximate surface area is 124 Å². The summed E-state index contributed by atoms with van der Waals surface area (Å²) < 4.78 is 0. The number of rotatable bonds is 2. The molecule has 102 valence electrons. The van der Waals surface area contributed by atoms with Crippen LogP contribution in [0.1, 0.15) is 33.8 Å². The molecule has 3 aromatic carbocycles. The zero-order chi connectivity index (χ0) is 14.2. The summed E-state index contributed by atoms with van der Waals surface area (Å²) in [5, 5.41) is 2.20. The van der Waals surface area contributed by atoms with Crippen LogP contribution in [0.25, 0.3) is 10.8 Å². The number of Topliss-reactive ketones (excluding diaryl/α,β-unsaturated/α-hetero) is 1. The molecule has 1 aliphatic carbocycles. The van der Waals surface area contributed by atoms with Gasteiger partial charge < -0.3 is 0 Å². The molecule has 0 radical (unpaired) electrons. The highest BCUT2D eigenvalue weighted by atomic mass is 16.1. The molecule has 0 saturated carbocycles. The van der Waals surface area contributed by atoms with Crippen molar-refractivity contribution in [1.82, 2.24) is 0 Å². The van der Waals surface area contributed by atoms with E-state index in [0.717, 1.165) is 29.2 Å². The molecular weight excluding hydrogens is 256 g/mol. The summed E-state index contributed by atoms with van der Waals surface area (Å²) in [7, 11) is 0. The van der Waals surface area contributed by atoms with E-state index < -0.39 is 0 Å². The second-order valence-corrected chi connectivity index (χ2v) is 5.68. The predicted octanol–water partition coefficient (Wildman–Crippen LogP) is 4.75. The van der Waals surface area contributed by atoms with Crippen LogP contribution in [0.5, 0.6) is 0 Å². The molecule has 0 amide bonds. The van der Waals surface area contributed by atoms with Gasteiger partial charge in [-0.2, -0.15) is 0 Å². The molecule has 1 heteroatoms. The normalized spacial score (nSPS) is 16.9. The summed E-state index contributed by atoms with van der Waals surface area (Å²) in [4.78, 5) is 13.0. The summed E-state index contributed by atoms with van der Waals surface area (Å²) >= 11 is 0. The van der Waals surface area contributed by atoms with Gasteiger partial charge in [0.15, 0.2) is 5.78 Å². The lowest BCUT2D eigenvalue weighted by Crippen LogP contribution is -2.10. The molecule has 0 fully saturated rings. The number of fused-ring (bicyclic) bond motifs is 2. The van der Waals surface area contributed by atoms with Crippen molar-refractivity contribution in [3.63, 3.8) is 0 Å². The van der Waals surface area contributed by atoms with Crippen molar-refractivity contribution in [2.75, 3.05) is 0 Å². The summed E-state index contributed by atoms with van der Waals surface area (Å²) in [5.41, 5.74) is 3.40. The SMILES string of the molecule is O=C(c1cccc2ccccc12)C1CCc2ccccc21. The van der Waals surface area contributed by atoms with Crippen LogP contribution in [-0.2, 0) is 6.42 Å². The molecule has 0 N–H and O–H groups in total. The minimum atomic E-state index is 0.0204. The minimum Gasteiger partial charge on any atom is -0.293 e. The van der Waals surface area contributed by atoms with Crippen molar-refractivity contribution in [3.05, 3.63) is 83.4 Å². The molecule has 1 aliphatic rings. The van der Waals surface area contributed by atoms with Gasteiger partial charge in [-0.25, -0.2) is 0 Å². The van der Waals surface area contributed by atoms with Gasteiger partial charge in [0.1, 0.15) is 0 Å². The molecule has 0 aliphatic heterocycles. The van der Waals surface area contributed by atoms with E-state index in [0.29, 0.717) is 0 Å². The van der Waals surface area contributed by atoms with Crippen molar-refractivity contribution < 1.29 is 4.79 Å². The molecule has 0 saturated heterocycles. The lowest BCUT2D eigenvalue weighted by molar-refractivity contribution is 0.0961. The monoisotopic (exact) mass is 272 g/mol. The van der Waals surface area contributed by atoms with Crippen LogP contribution >= 0.6 is 0 Å². The summed E-state index contributed by atoms with van der Waals surface area (Å²) in [5.74, 6) is 0.281. The summed E-state index contributed by atoms with van der Waals surface area (Å²) in [6.45, 7) is 0. The van der Waals surface area contributed by atoms with E-state index in [9.17, 15) is 4.79 Å². The maximum Gasteiger partial charge on any atom is 0.170 e. The van der Waals surface area contributed by atoms with E-state index in [1.165, 1.54) is 11.1 Å². The Morgan fingerprint density at radius 2 is 1.62 bits per heavy atom. The second kappa shape index (κ2) is 4.85. The molecule has 0 heterocycles. The Hall–Kier alpha value is -2.41. The van der Waals surface area contributed by atoms with Gasteiger partial charge in [-0.05, 0) is 34.7 Å². The third-order valence-corrected chi connectivity index (χ3v) is 4.50. The first-order chi connectivity index (χ1) is 10.3. The van der Waals surface area contributed by atoms with E-state index in [1.807, 2.05) is 36.4 Å². The zero-order valence-corrected chi connectivity index (χ0v) is 11.8. The van der Waals surface area contributed by atoms with E-state index in [-0.39, 0.29) is 11.7 Å². The highest BCUT2D eigenvalue weighted by Gasteiger charge is 2.29. The molecule has 21 heavy (non-hydrogen) atoms. The van der Waals surface area contributed by atoms with Crippen LogP contribution < -0.4 is 0 Å². The molecule has 0 bridgehead atoms. The maximum absolute atomic E-state index is 13.0. The van der Waals surface area contributed by atoms with Gasteiger partial charge >= 0.3 is 0 Å². The van der Waals surface area contributed by atoms with Crippen LogP contribution in [0.4, 0.5) is 0 Å². The molecular formula is C20H16O. The topological polar surface area (TPSA) is 17.1 Å². The second-order valence-electron chi connectivity index (χ2n) is 5.68. The van der Waals surface area contributed by atoms with Gasteiger partial charge in [0.05, 0.1) is 0 Å². The Balaban J connectivity index is 1.82.